The second kappa shape index (κ2) is 6.70. The summed E-state index contributed by atoms with van der Waals surface area (Å²) in [6.07, 6.45) is 8.83. The highest BCUT2D eigenvalue weighted by molar-refractivity contribution is 7.99. The minimum atomic E-state index is -0.837. The Morgan fingerprint density at radius 2 is 2.00 bits per heavy atom. The van der Waals surface area contributed by atoms with E-state index in [2.05, 4.69) is 16.9 Å². The lowest BCUT2D eigenvalue weighted by molar-refractivity contribution is -0.138. The summed E-state index contributed by atoms with van der Waals surface area (Å²) in [5, 5.41) is 15.6. The Hall–Kier alpha value is -0.910. The Balaban J connectivity index is 1.84. The van der Waals surface area contributed by atoms with Gasteiger partial charge in [0.25, 0.3) is 0 Å². The van der Waals surface area contributed by atoms with Crippen LogP contribution in [0.2, 0.25) is 0 Å². The van der Waals surface area contributed by atoms with Crippen LogP contribution in [0.1, 0.15) is 51.4 Å². The van der Waals surface area contributed by atoms with Crippen LogP contribution in [0.4, 0.5) is 4.79 Å². The molecule has 0 spiro atoms. The number of urea groups is 1. The molecule has 5 nitrogen and oxygen atoms in total. The second-order valence-corrected chi connectivity index (χ2v) is 7.16. The van der Waals surface area contributed by atoms with Crippen molar-refractivity contribution in [1.82, 2.24) is 10.6 Å². The Morgan fingerprint density at radius 3 is 2.55 bits per heavy atom. The first-order valence-corrected chi connectivity index (χ1v) is 8.65. The topological polar surface area (TPSA) is 78.4 Å². The molecule has 2 atom stereocenters. The van der Waals surface area contributed by atoms with E-state index in [4.69, 9.17) is 5.11 Å². The molecular formula is C14H24N2O3S. The summed E-state index contributed by atoms with van der Waals surface area (Å²) in [7, 11) is 0. The van der Waals surface area contributed by atoms with Gasteiger partial charge in [-0.15, -0.1) is 0 Å². The van der Waals surface area contributed by atoms with Gasteiger partial charge in [0.15, 0.2) is 0 Å². The molecular weight excluding hydrogens is 276 g/mol. The normalized spacial score (nSPS) is 28.2. The lowest BCUT2D eigenvalue weighted by atomic mass is 9.93. The monoisotopic (exact) mass is 300 g/mol. The minimum Gasteiger partial charge on any atom is -0.481 e. The number of hydrogen-bond donors (Lipinski definition) is 3. The molecule has 0 saturated heterocycles. The van der Waals surface area contributed by atoms with Crippen molar-refractivity contribution >= 4 is 23.8 Å². The van der Waals surface area contributed by atoms with Crippen molar-refractivity contribution in [2.75, 3.05) is 6.26 Å². The smallest absolute Gasteiger partial charge is 0.315 e. The van der Waals surface area contributed by atoms with Gasteiger partial charge in [0.05, 0.1) is 12.0 Å². The van der Waals surface area contributed by atoms with Crippen molar-refractivity contribution in [2.24, 2.45) is 0 Å². The van der Waals surface area contributed by atoms with E-state index in [0.29, 0.717) is 5.25 Å². The molecule has 2 aliphatic carbocycles. The van der Waals surface area contributed by atoms with Crippen LogP contribution in [-0.2, 0) is 4.79 Å². The first kappa shape index (κ1) is 15.5. The summed E-state index contributed by atoms with van der Waals surface area (Å²) in [4.78, 5) is 23.1. The number of aliphatic carboxylic acids is 1. The predicted octanol–water partition coefficient (Wildman–Crippen LogP) is 2.36. The molecule has 114 valence electrons. The molecule has 20 heavy (non-hydrogen) atoms. The van der Waals surface area contributed by atoms with Crippen LogP contribution in [-0.4, -0.2) is 40.2 Å². The van der Waals surface area contributed by atoms with Crippen LogP contribution in [0.15, 0.2) is 0 Å². The first-order valence-electron chi connectivity index (χ1n) is 7.36. The van der Waals surface area contributed by atoms with Crippen molar-refractivity contribution in [3.8, 4) is 0 Å². The molecule has 0 heterocycles. The zero-order valence-corrected chi connectivity index (χ0v) is 12.8. The molecule has 0 radical (unpaired) electrons. The van der Waals surface area contributed by atoms with Crippen LogP contribution in [0.3, 0.4) is 0 Å². The zero-order chi connectivity index (χ0) is 14.6. The summed E-state index contributed by atoms with van der Waals surface area (Å²) in [6.45, 7) is 0. The maximum atomic E-state index is 12.1. The molecule has 2 rings (SSSR count). The van der Waals surface area contributed by atoms with E-state index in [0.717, 1.165) is 44.9 Å². The molecule has 0 aliphatic heterocycles. The van der Waals surface area contributed by atoms with Crippen LogP contribution < -0.4 is 10.6 Å². The molecule has 0 aromatic rings. The van der Waals surface area contributed by atoms with E-state index in [9.17, 15) is 9.59 Å². The summed E-state index contributed by atoms with van der Waals surface area (Å²) in [6, 6.07) is 0.0376. The van der Waals surface area contributed by atoms with Gasteiger partial charge in [-0.2, -0.15) is 11.8 Å². The Kier molecular flexibility index (Phi) is 5.18. The number of carbonyl (C=O) groups excluding carboxylic acids is 1. The van der Waals surface area contributed by atoms with Crippen molar-refractivity contribution < 1.29 is 14.7 Å². The van der Waals surface area contributed by atoms with Crippen molar-refractivity contribution in [2.45, 2.75) is 68.2 Å². The van der Waals surface area contributed by atoms with Crippen LogP contribution in [0.5, 0.6) is 0 Å². The summed E-state index contributed by atoms with van der Waals surface area (Å²) in [5.74, 6) is -0.837. The number of carbonyl (C=O) groups is 2. The van der Waals surface area contributed by atoms with E-state index in [1.807, 2.05) is 11.8 Å². The predicted molar refractivity (Wildman–Crippen MR) is 80.1 cm³/mol. The fraction of sp³-hybridized carbons (Fsp3) is 0.857. The number of rotatable bonds is 5. The molecule has 2 amide bonds. The van der Waals surface area contributed by atoms with Crippen LogP contribution in [0.25, 0.3) is 0 Å². The van der Waals surface area contributed by atoms with Gasteiger partial charge in [-0.3, -0.25) is 4.79 Å². The Labute approximate surface area is 124 Å². The third kappa shape index (κ3) is 4.04. The van der Waals surface area contributed by atoms with Gasteiger partial charge in [0, 0.05) is 11.3 Å². The van der Waals surface area contributed by atoms with E-state index < -0.39 is 11.5 Å². The van der Waals surface area contributed by atoms with Gasteiger partial charge in [0.2, 0.25) is 0 Å². The van der Waals surface area contributed by atoms with E-state index >= 15 is 0 Å². The third-order valence-corrected chi connectivity index (χ3v) is 5.58. The van der Waals surface area contributed by atoms with Gasteiger partial charge in [-0.1, -0.05) is 12.8 Å². The molecule has 2 saturated carbocycles. The maximum absolute atomic E-state index is 12.1. The van der Waals surface area contributed by atoms with E-state index in [-0.39, 0.29) is 18.5 Å². The van der Waals surface area contributed by atoms with E-state index in [1.165, 1.54) is 0 Å². The SMILES string of the molecule is CSC1CCC(NC(=O)NC2(CC(=O)O)CCCC2)C1. The van der Waals surface area contributed by atoms with Crippen LogP contribution >= 0.6 is 11.8 Å². The number of thioether (sulfide) groups is 1. The number of carboxylic acids is 1. The molecule has 2 unspecified atom stereocenters. The molecule has 0 aromatic heterocycles. The lowest BCUT2D eigenvalue weighted by Gasteiger charge is -2.29. The fourth-order valence-electron chi connectivity index (χ4n) is 3.43. The molecule has 3 N–H and O–H groups in total. The van der Waals surface area contributed by atoms with Crippen molar-refractivity contribution in [3.05, 3.63) is 0 Å². The summed E-state index contributed by atoms with van der Waals surface area (Å²) >= 11 is 1.85. The van der Waals surface area contributed by atoms with E-state index in [1.54, 1.807) is 0 Å². The van der Waals surface area contributed by atoms with Gasteiger partial charge in [-0.05, 0) is 38.4 Å². The first-order chi connectivity index (χ1) is 9.53. The minimum absolute atomic E-state index is 0.0263. The average molecular weight is 300 g/mol. The van der Waals surface area contributed by atoms with Gasteiger partial charge in [0.1, 0.15) is 0 Å². The fourth-order valence-corrected chi connectivity index (χ4v) is 4.23. The highest BCUT2D eigenvalue weighted by Gasteiger charge is 2.38. The highest BCUT2D eigenvalue weighted by Crippen LogP contribution is 2.33. The summed E-state index contributed by atoms with van der Waals surface area (Å²) < 4.78 is 0. The standard InChI is InChI=1S/C14H24N2O3S/c1-20-11-5-4-10(8-11)15-13(19)16-14(9-12(17)18)6-2-3-7-14/h10-11H,2-9H2,1H3,(H,17,18)(H2,15,16,19). The molecule has 6 heteroatoms. The Bertz CT molecular complexity index is 369. The van der Waals surface area contributed by atoms with Crippen molar-refractivity contribution in [1.29, 1.82) is 0 Å². The molecule has 0 bridgehead atoms. The van der Waals surface area contributed by atoms with Crippen molar-refractivity contribution in [3.63, 3.8) is 0 Å². The molecule has 2 aliphatic rings. The number of nitrogens with one attached hydrogen (secondary N) is 2. The largest absolute Gasteiger partial charge is 0.481 e. The Morgan fingerprint density at radius 1 is 1.30 bits per heavy atom. The second-order valence-electron chi connectivity index (χ2n) is 6.02. The van der Waals surface area contributed by atoms with Gasteiger partial charge < -0.3 is 15.7 Å². The quantitative estimate of drug-likeness (QED) is 0.728. The number of hydrogen-bond acceptors (Lipinski definition) is 3. The van der Waals surface area contributed by atoms with Crippen LogP contribution in [0, 0.1) is 0 Å². The highest BCUT2D eigenvalue weighted by atomic mass is 32.2. The molecule has 2 fully saturated rings. The van der Waals surface area contributed by atoms with Gasteiger partial charge >= 0.3 is 12.0 Å². The zero-order valence-electron chi connectivity index (χ0n) is 12.0. The number of carboxylic acid groups (broad SMARTS) is 1. The molecule has 0 aromatic carbocycles. The summed E-state index contributed by atoms with van der Waals surface area (Å²) in [5.41, 5.74) is -0.534. The number of amides is 2. The lowest BCUT2D eigenvalue weighted by Crippen LogP contribution is -2.53. The maximum Gasteiger partial charge on any atom is 0.315 e. The average Bonchev–Trinajstić information content (AvgIpc) is 2.98. The third-order valence-electron chi connectivity index (χ3n) is 4.48. The van der Waals surface area contributed by atoms with Gasteiger partial charge in [-0.25, -0.2) is 4.79 Å².